The van der Waals surface area contributed by atoms with Crippen LogP contribution in [-0.2, 0) is 10.2 Å². The second-order valence-corrected chi connectivity index (χ2v) is 6.31. The average molecular weight is 332 g/mol. The summed E-state index contributed by atoms with van der Waals surface area (Å²) in [5.74, 6) is -1.48. The van der Waals surface area contributed by atoms with Crippen LogP contribution in [0.1, 0.15) is 41.9 Å². The van der Waals surface area contributed by atoms with Gasteiger partial charge in [0.25, 0.3) is 5.91 Å². The molecule has 3 rings (SSSR count). The van der Waals surface area contributed by atoms with Gasteiger partial charge in [-0.15, -0.1) is 0 Å². The number of nitrogens with one attached hydrogen (secondary N) is 1. The van der Waals surface area contributed by atoms with Crippen molar-refractivity contribution in [1.82, 2.24) is 10.5 Å². The van der Waals surface area contributed by atoms with Crippen LogP contribution in [0.4, 0.5) is 8.78 Å². The molecular formula is C18H18F2N2O2. The van der Waals surface area contributed by atoms with Gasteiger partial charge in [-0.2, -0.15) is 0 Å². The zero-order chi connectivity index (χ0) is 17.3. The van der Waals surface area contributed by atoms with Crippen LogP contribution in [0, 0.1) is 18.6 Å². The van der Waals surface area contributed by atoms with Crippen molar-refractivity contribution in [3.63, 3.8) is 0 Å². The first-order valence-corrected chi connectivity index (χ1v) is 7.78. The van der Waals surface area contributed by atoms with Gasteiger partial charge in [-0.3, -0.25) is 15.0 Å². The van der Waals surface area contributed by atoms with Crippen LogP contribution >= 0.6 is 0 Å². The maximum atomic E-state index is 14.0. The number of pyridine rings is 1. The predicted molar refractivity (Wildman–Crippen MR) is 83.5 cm³/mol. The maximum Gasteiger partial charge on any atom is 0.254 e. The standard InChI is InChI=1S/C18H18F2N2O2/c1-11-15(3-2-4-16(11)20)18(17(23)22-24)6-5-12(8-18)13-7-14(19)10-21-9-13/h2-4,7,9-10,12,24H,5-6,8H2,1H3,(H,22,23)/t12-,18-/m1/s1. The first-order valence-electron chi connectivity index (χ1n) is 7.78. The van der Waals surface area contributed by atoms with Gasteiger partial charge in [0.1, 0.15) is 11.6 Å². The van der Waals surface area contributed by atoms with Crippen LogP contribution in [0.2, 0.25) is 0 Å². The first-order chi connectivity index (χ1) is 11.5. The SMILES string of the molecule is Cc1c(F)cccc1[C@@]1(C(=O)NO)CC[C@@H](c2cncc(F)c2)C1. The van der Waals surface area contributed by atoms with Crippen molar-refractivity contribution >= 4 is 5.91 Å². The molecule has 126 valence electrons. The number of hydroxylamine groups is 1. The molecule has 4 nitrogen and oxygen atoms in total. The summed E-state index contributed by atoms with van der Waals surface area (Å²) in [6.45, 7) is 1.62. The second kappa shape index (κ2) is 6.28. The third kappa shape index (κ3) is 2.67. The fourth-order valence-electron chi connectivity index (χ4n) is 3.79. The molecule has 0 aliphatic heterocycles. The molecule has 1 fully saturated rings. The van der Waals surface area contributed by atoms with Crippen LogP contribution in [0.3, 0.4) is 0 Å². The molecule has 2 N–H and O–H groups in total. The molecule has 1 saturated carbocycles. The highest BCUT2D eigenvalue weighted by Gasteiger charge is 2.48. The molecule has 6 heteroatoms. The Morgan fingerprint density at radius 1 is 1.38 bits per heavy atom. The highest BCUT2D eigenvalue weighted by atomic mass is 19.1. The molecule has 2 aromatic rings. The summed E-state index contributed by atoms with van der Waals surface area (Å²) in [4.78, 5) is 16.3. The van der Waals surface area contributed by atoms with Gasteiger partial charge < -0.3 is 0 Å². The van der Waals surface area contributed by atoms with Crippen LogP contribution in [0.25, 0.3) is 0 Å². The lowest BCUT2D eigenvalue weighted by atomic mass is 9.75. The Hall–Kier alpha value is -2.34. The average Bonchev–Trinajstić information content (AvgIpc) is 3.03. The summed E-state index contributed by atoms with van der Waals surface area (Å²) in [7, 11) is 0. The Morgan fingerprint density at radius 3 is 2.88 bits per heavy atom. The van der Waals surface area contributed by atoms with E-state index in [9.17, 15) is 18.8 Å². The maximum absolute atomic E-state index is 14.0. The Bertz CT molecular complexity index is 781. The van der Waals surface area contributed by atoms with Crippen molar-refractivity contribution in [1.29, 1.82) is 0 Å². The fraction of sp³-hybridized carbons (Fsp3) is 0.333. The zero-order valence-corrected chi connectivity index (χ0v) is 13.2. The minimum Gasteiger partial charge on any atom is -0.289 e. The van der Waals surface area contributed by atoms with Crippen LogP contribution in [0.15, 0.2) is 36.7 Å². The lowest BCUT2D eigenvalue weighted by Gasteiger charge is -2.29. The minimum atomic E-state index is -1.04. The van der Waals surface area contributed by atoms with Gasteiger partial charge in [0, 0.05) is 6.20 Å². The smallest absolute Gasteiger partial charge is 0.254 e. The number of rotatable bonds is 3. The van der Waals surface area contributed by atoms with E-state index in [1.54, 1.807) is 30.7 Å². The number of carbonyl (C=O) groups is 1. The highest BCUT2D eigenvalue weighted by Crippen LogP contribution is 2.49. The van der Waals surface area contributed by atoms with Crippen LogP contribution in [-0.4, -0.2) is 16.1 Å². The van der Waals surface area contributed by atoms with Gasteiger partial charge in [0.15, 0.2) is 0 Å². The molecule has 24 heavy (non-hydrogen) atoms. The molecule has 2 atom stereocenters. The summed E-state index contributed by atoms with van der Waals surface area (Å²) in [6.07, 6.45) is 4.12. The molecule has 1 heterocycles. The monoisotopic (exact) mass is 332 g/mol. The van der Waals surface area contributed by atoms with Crippen molar-refractivity contribution in [2.24, 2.45) is 0 Å². The number of benzene rings is 1. The zero-order valence-electron chi connectivity index (χ0n) is 13.2. The van der Waals surface area contributed by atoms with Gasteiger partial charge in [-0.1, -0.05) is 12.1 Å². The topological polar surface area (TPSA) is 62.2 Å². The van der Waals surface area contributed by atoms with Gasteiger partial charge >= 0.3 is 0 Å². The number of nitrogens with zero attached hydrogens (tertiary/aromatic N) is 1. The van der Waals surface area contributed by atoms with E-state index in [1.807, 2.05) is 0 Å². The Morgan fingerprint density at radius 2 is 2.17 bits per heavy atom. The number of amides is 1. The third-order valence-corrected chi connectivity index (χ3v) is 5.03. The van der Waals surface area contributed by atoms with Crippen LogP contribution < -0.4 is 5.48 Å². The van der Waals surface area contributed by atoms with E-state index < -0.39 is 23.0 Å². The Balaban J connectivity index is 2.03. The van der Waals surface area contributed by atoms with Crippen molar-refractivity contribution in [2.45, 2.75) is 37.5 Å². The quantitative estimate of drug-likeness (QED) is 0.669. The predicted octanol–water partition coefficient (Wildman–Crippen LogP) is 3.38. The lowest BCUT2D eigenvalue weighted by Crippen LogP contribution is -2.42. The molecular weight excluding hydrogens is 314 g/mol. The number of hydrogen-bond donors (Lipinski definition) is 2. The van der Waals surface area contributed by atoms with Crippen molar-refractivity contribution in [3.05, 3.63) is 65.0 Å². The molecule has 1 aromatic carbocycles. The van der Waals surface area contributed by atoms with Crippen LogP contribution in [0.5, 0.6) is 0 Å². The van der Waals surface area contributed by atoms with E-state index in [2.05, 4.69) is 4.98 Å². The fourth-order valence-corrected chi connectivity index (χ4v) is 3.79. The molecule has 0 spiro atoms. The van der Waals surface area contributed by atoms with Gasteiger partial charge in [0.2, 0.25) is 0 Å². The lowest BCUT2D eigenvalue weighted by molar-refractivity contribution is -0.135. The molecule has 0 saturated heterocycles. The Labute approximate surface area is 138 Å². The molecule has 1 aliphatic carbocycles. The first kappa shape index (κ1) is 16.5. The van der Waals surface area contributed by atoms with Gasteiger partial charge in [-0.25, -0.2) is 14.3 Å². The van der Waals surface area contributed by atoms with Gasteiger partial charge in [0.05, 0.1) is 11.6 Å². The molecule has 0 radical (unpaired) electrons. The van der Waals surface area contributed by atoms with Crippen molar-refractivity contribution in [3.8, 4) is 0 Å². The normalized spacial score (nSPS) is 23.2. The number of carbonyl (C=O) groups excluding carboxylic acids is 1. The Kier molecular flexibility index (Phi) is 4.32. The van der Waals surface area contributed by atoms with E-state index in [1.165, 1.54) is 12.1 Å². The van der Waals surface area contributed by atoms with E-state index in [4.69, 9.17) is 0 Å². The molecule has 1 aliphatic rings. The molecule has 0 bridgehead atoms. The molecule has 0 unspecified atom stereocenters. The highest BCUT2D eigenvalue weighted by molar-refractivity contribution is 5.88. The van der Waals surface area contributed by atoms with E-state index in [-0.39, 0.29) is 5.92 Å². The summed E-state index contributed by atoms with van der Waals surface area (Å²) in [5.41, 5.74) is 2.33. The third-order valence-electron chi connectivity index (χ3n) is 5.03. The minimum absolute atomic E-state index is 0.0897. The largest absolute Gasteiger partial charge is 0.289 e. The molecule has 1 amide bonds. The summed E-state index contributed by atoms with van der Waals surface area (Å²) in [5, 5.41) is 9.22. The van der Waals surface area contributed by atoms with E-state index in [0.717, 1.165) is 6.20 Å². The van der Waals surface area contributed by atoms with Gasteiger partial charge in [-0.05, 0) is 60.9 Å². The molecule has 1 aromatic heterocycles. The van der Waals surface area contributed by atoms with E-state index >= 15 is 0 Å². The van der Waals surface area contributed by atoms with E-state index in [0.29, 0.717) is 36.0 Å². The number of aromatic nitrogens is 1. The second-order valence-electron chi connectivity index (χ2n) is 6.31. The number of halogens is 2. The van der Waals surface area contributed by atoms with Crippen molar-refractivity contribution in [2.75, 3.05) is 0 Å². The summed E-state index contributed by atoms with van der Waals surface area (Å²) < 4.78 is 27.4. The van der Waals surface area contributed by atoms with Crippen molar-refractivity contribution < 1.29 is 18.8 Å². The number of hydrogen-bond acceptors (Lipinski definition) is 3. The summed E-state index contributed by atoms with van der Waals surface area (Å²) in [6, 6.07) is 6.01. The summed E-state index contributed by atoms with van der Waals surface area (Å²) >= 11 is 0.